The Labute approximate surface area is 154 Å². The van der Waals surface area contributed by atoms with E-state index in [9.17, 15) is 0 Å². The molecular formula is C21H14N2S2. The summed E-state index contributed by atoms with van der Waals surface area (Å²) in [5.41, 5.74) is 5.97. The minimum atomic E-state index is 1.04. The van der Waals surface area contributed by atoms with E-state index in [1.165, 1.54) is 31.4 Å². The van der Waals surface area contributed by atoms with Crippen molar-refractivity contribution in [3.8, 4) is 32.3 Å². The van der Waals surface area contributed by atoms with Crippen LogP contribution in [0.2, 0.25) is 0 Å². The van der Waals surface area contributed by atoms with Gasteiger partial charge >= 0.3 is 0 Å². The van der Waals surface area contributed by atoms with E-state index >= 15 is 0 Å². The molecule has 0 atom stereocenters. The molecule has 4 heteroatoms. The second-order valence-electron chi connectivity index (χ2n) is 6.03. The van der Waals surface area contributed by atoms with Crippen LogP contribution >= 0.6 is 23.1 Å². The van der Waals surface area contributed by atoms with Gasteiger partial charge in [-0.05, 0) is 37.3 Å². The van der Waals surface area contributed by atoms with Gasteiger partial charge in [0.05, 0.1) is 10.6 Å². The summed E-state index contributed by atoms with van der Waals surface area (Å²) in [5, 5.41) is 1.04. The molecule has 2 nitrogen and oxygen atoms in total. The summed E-state index contributed by atoms with van der Waals surface area (Å²) in [6, 6.07) is 19.3. The van der Waals surface area contributed by atoms with E-state index in [1.807, 2.05) is 36.3 Å². The number of fused-ring (bicyclic) bond motifs is 5. The van der Waals surface area contributed by atoms with E-state index in [1.54, 1.807) is 11.3 Å². The molecule has 5 rings (SSSR count). The van der Waals surface area contributed by atoms with Crippen LogP contribution in [0.4, 0.5) is 0 Å². The molecule has 2 aromatic heterocycles. The summed E-state index contributed by atoms with van der Waals surface area (Å²) in [4.78, 5) is 13.0. The van der Waals surface area contributed by atoms with Gasteiger partial charge < -0.3 is 0 Å². The third-order valence-electron chi connectivity index (χ3n) is 4.30. The lowest BCUT2D eigenvalue weighted by atomic mass is 10.0. The number of hydrogen-bond donors (Lipinski definition) is 0. The average molecular weight is 358 g/mol. The number of thiazole rings is 1. The number of hydrogen-bond acceptors (Lipinski definition) is 4. The van der Waals surface area contributed by atoms with Crippen LogP contribution in [-0.4, -0.2) is 9.97 Å². The van der Waals surface area contributed by atoms with Crippen LogP contribution in [0.25, 0.3) is 32.3 Å². The second-order valence-corrected chi connectivity index (χ2v) is 8.11. The monoisotopic (exact) mass is 358 g/mol. The molecule has 4 aromatic rings. The van der Waals surface area contributed by atoms with E-state index in [-0.39, 0.29) is 0 Å². The first-order chi connectivity index (χ1) is 12.3. The zero-order valence-corrected chi connectivity index (χ0v) is 15.2. The minimum Gasteiger partial charge on any atom is -0.265 e. The summed E-state index contributed by atoms with van der Waals surface area (Å²) in [6.45, 7) is 2.14. The molecule has 0 fully saturated rings. The van der Waals surface area contributed by atoms with Gasteiger partial charge in [0, 0.05) is 38.9 Å². The van der Waals surface area contributed by atoms with Crippen LogP contribution in [0.15, 0.2) is 76.8 Å². The molecular weight excluding hydrogens is 344 g/mol. The molecule has 0 amide bonds. The molecule has 120 valence electrons. The highest BCUT2D eigenvalue weighted by molar-refractivity contribution is 7.99. The Morgan fingerprint density at radius 2 is 1.64 bits per heavy atom. The van der Waals surface area contributed by atoms with Crippen LogP contribution in [0.5, 0.6) is 0 Å². The lowest BCUT2D eigenvalue weighted by Crippen LogP contribution is -1.85. The van der Waals surface area contributed by atoms with E-state index in [2.05, 4.69) is 54.4 Å². The first-order valence-corrected chi connectivity index (χ1v) is 9.72. The smallest absolute Gasteiger partial charge is 0.124 e. The van der Waals surface area contributed by atoms with Crippen LogP contribution < -0.4 is 0 Å². The molecule has 0 saturated carbocycles. The van der Waals surface area contributed by atoms with Crippen LogP contribution in [0.1, 0.15) is 5.56 Å². The Morgan fingerprint density at radius 3 is 2.52 bits per heavy atom. The molecule has 1 aliphatic heterocycles. The number of rotatable bonds is 1. The van der Waals surface area contributed by atoms with Crippen molar-refractivity contribution >= 4 is 23.1 Å². The van der Waals surface area contributed by atoms with Gasteiger partial charge in [-0.1, -0.05) is 41.6 Å². The maximum absolute atomic E-state index is 5.04. The summed E-state index contributed by atoms with van der Waals surface area (Å²) in [6.07, 6.45) is 3.65. The van der Waals surface area contributed by atoms with Gasteiger partial charge in [-0.2, -0.15) is 0 Å². The van der Waals surface area contributed by atoms with Crippen molar-refractivity contribution in [1.82, 2.24) is 9.97 Å². The Morgan fingerprint density at radius 1 is 0.840 bits per heavy atom. The molecule has 0 unspecified atom stereocenters. The predicted octanol–water partition coefficient (Wildman–Crippen LogP) is 6.31. The maximum Gasteiger partial charge on any atom is 0.124 e. The van der Waals surface area contributed by atoms with Gasteiger partial charge in [-0.15, -0.1) is 11.3 Å². The van der Waals surface area contributed by atoms with Gasteiger partial charge in [-0.25, -0.2) is 4.98 Å². The Bertz CT molecular complexity index is 1080. The van der Waals surface area contributed by atoms with E-state index in [0.717, 1.165) is 16.3 Å². The van der Waals surface area contributed by atoms with Crippen molar-refractivity contribution in [2.24, 2.45) is 0 Å². The minimum absolute atomic E-state index is 1.04. The standard InChI is InChI=1S/C21H14N2S2/c1-13-6-7-18-16(12-13)19-20(15-4-2-3-5-17(15)24-18)25-21(23-19)14-8-10-22-11-9-14/h2-12H,1H3. The van der Waals surface area contributed by atoms with Gasteiger partial charge in [0.1, 0.15) is 5.01 Å². The van der Waals surface area contributed by atoms with Gasteiger partial charge in [-0.3, -0.25) is 4.98 Å². The van der Waals surface area contributed by atoms with Crippen molar-refractivity contribution in [3.63, 3.8) is 0 Å². The van der Waals surface area contributed by atoms with E-state index < -0.39 is 0 Å². The topological polar surface area (TPSA) is 25.8 Å². The Hall–Kier alpha value is -2.43. The molecule has 0 radical (unpaired) electrons. The van der Waals surface area contributed by atoms with Gasteiger partial charge in [0.25, 0.3) is 0 Å². The molecule has 25 heavy (non-hydrogen) atoms. The molecule has 0 N–H and O–H groups in total. The van der Waals surface area contributed by atoms with Crippen LogP contribution in [0, 0.1) is 6.92 Å². The lowest BCUT2D eigenvalue weighted by Gasteiger charge is -2.06. The summed E-state index contributed by atoms with van der Waals surface area (Å²) < 4.78 is 0. The zero-order valence-electron chi connectivity index (χ0n) is 13.6. The third kappa shape index (κ3) is 2.49. The third-order valence-corrected chi connectivity index (χ3v) is 6.59. The zero-order chi connectivity index (χ0) is 16.8. The molecule has 0 bridgehead atoms. The van der Waals surface area contributed by atoms with Crippen molar-refractivity contribution in [3.05, 3.63) is 72.6 Å². The summed E-state index contributed by atoms with van der Waals surface area (Å²) in [7, 11) is 0. The van der Waals surface area contributed by atoms with E-state index in [0.29, 0.717) is 0 Å². The molecule has 0 saturated heterocycles. The lowest BCUT2D eigenvalue weighted by molar-refractivity contribution is 1.30. The maximum atomic E-state index is 5.04. The number of benzene rings is 2. The Kier molecular flexibility index (Phi) is 3.47. The van der Waals surface area contributed by atoms with Crippen LogP contribution in [0.3, 0.4) is 0 Å². The van der Waals surface area contributed by atoms with Crippen molar-refractivity contribution in [1.29, 1.82) is 0 Å². The van der Waals surface area contributed by atoms with Gasteiger partial charge in [0.2, 0.25) is 0 Å². The highest BCUT2D eigenvalue weighted by atomic mass is 32.2. The predicted molar refractivity (Wildman–Crippen MR) is 105 cm³/mol. The first-order valence-electron chi connectivity index (χ1n) is 8.09. The number of aryl methyl sites for hydroxylation is 1. The highest BCUT2D eigenvalue weighted by Crippen LogP contribution is 2.50. The van der Waals surface area contributed by atoms with Crippen LogP contribution in [-0.2, 0) is 0 Å². The van der Waals surface area contributed by atoms with Crippen molar-refractivity contribution in [2.75, 3.05) is 0 Å². The first kappa shape index (κ1) is 14.9. The molecule has 3 heterocycles. The molecule has 0 aliphatic carbocycles. The largest absolute Gasteiger partial charge is 0.265 e. The molecule has 2 aromatic carbocycles. The number of nitrogens with zero attached hydrogens (tertiary/aromatic N) is 2. The fourth-order valence-corrected chi connectivity index (χ4v) is 5.34. The quantitative estimate of drug-likeness (QED) is 0.351. The van der Waals surface area contributed by atoms with E-state index in [4.69, 9.17) is 4.98 Å². The fourth-order valence-electron chi connectivity index (χ4n) is 3.08. The number of aromatic nitrogens is 2. The fraction of sp³-hybridized carbons (Fsp3) is 0.0476. The van der Waals surface area contributed by atoms with Crippen molar-refractivity contribution in [2.45, 2.75) is 16.7 Å². The van der Waals surface area contributed by atoms with Gasteiger partial charge in [0.15, 0.2) is 0 Å². The normalized spacial score (nSPS) is 12.0. The SMILES string of the molecule is Cc1ccc2c(c1)-c1nc(-c3ccncc3)sc1-c1ccccc1S2. The highest BCUT2D eigenvalue weighted by Gasteiger charge is 2.24. The Balaban J connectivity index is 1.82. The number of pyridine rings is 1. The summed E-state index contributed by atoms with van der Waals surface area (Å²) in [5.74, 6) is 0. The second kappa shape index (κ2) is 5.83. The summed E-state index contributed by atoms with van der Waals surface area (Å²) >= 11 is 3.59. The molecule has 0 spiro atoms. The molecule has 1 aliphatic rings. The van der Waals surface area contributed by atoms with Crippen molar-refractivity contribution < 1.29 is 0 Å². The average Bonchev–Trinajstić information content (AvgIpc) is 3.05.